The van der Waals surface area contributed by atoms with E-state index in [4.69, 9.17) is 19.6 Å². The van der Waals surface area contributed by atoms with E-state index in [1.807, 2.05) is 36.4 Å². The summed E-state index contributed by atoms with van der Waals surface area (Å²) >= 11 is 0. The van der Waals surface area contributed by atoms with Crippen LogP contribution in [0.2, 0.25) is 0 Å². The first-order chi connectivity index (χ1) is 17.5. The van der Waals surface area contributed by atoms with E-state index in [-0.39, 0.29) is 47.8 Å². The number of hydrogen-bond donors (Lipinski definition) is 2. The van der Waals surface area contributed by atoms with E-state index in [0.717, 1.165) is 16.6 Å². The highest BCUT2D eigenvalue weighted by Gasteiger charge is 2.21. The average Bonchev–Trinajstić information content (AvgIpc) is 2.91. The van der Waals surface area contributed by atoms with Crippen molar-refractivity contribution in [1.29, 1.82) is 0 Å². The molecule has 0 saturated heterocycles. The molecule has 5 rings (SSSR count). The van der Waals surface area contributed by atoms with E-state index < -0.39 is 11.4 Å². The zero-order valence-corrected chi connectivity index (χ0v) is 19.1. The van der Waals surface area contributed by atoms with Crippen LogP contribution >= 0.6 is 0 Å². The maximum atomic E-state index is 13.2. The van der Waals surface area contributed by atoms with Crippen molar-refractivity contribution in [2.24, 2.45) is 5.73 Å². The van der Waals surface area contributed by atoms with E-state index >= 15 is 0 Å². The third-order valence-electron chi connectivity index (χ3n) is 5.63. The number of aromatic nitrogens is 1. The number of fused-ring (bicyclic) bond motifs is 2. The van der Waals surface area contributed by atoms with Gasteiger partial charge in [-0.1, -0.05) is 30.3 Å². The molecule has 0 radical (unpaired) electrons. The third-order valence-corrected chi connectivity index (χ3v) is 5.63. The highest BCUT2D eigenvalue weighted by molar-refractivity contribution is 6.01. The van der Waals surface area contributed by atoms with Crippen LogP contribution in [0.3, 0.4) is 0 Å². The van der Waals surface area contributed by atoms with Crippen LogP contribution in [-0.2, 0) is 6.61 Å². The quantitative estimate of drug-likeness (QED) is 0.328. The lowest BCUT2D eigenvalue weighted by atomic mass is 10.1. The van der Waals surface area contributed by atoms with Crippen LogP contribution in [0, 0.1) is 0 Å². The second-order valence-corrected chi connectivity index (χ2v) is 8.02. The molecule has 5 aromatic rings. The van der Waals surface area contributed by atoms with E-state index in [0.29, 0.717) is 11.3 Å². The van der Waals surface area contributed by atoms with Crippen molar-refractivity contribution in [2.45, 2.75) is 6.61 Å². The molecule has 0 saturated carbocycles. The predicted octanol–water partition coefficient (Wildman–Crippen LogP) is 4.62. The molecule has 0 aliphatic rings. The first-order valence-corrected chi connectivity index (χ1v) is 11.3. The van der Waals surface area contributed by atoms with Gasteiger partial charge in [0.2, 0.25) is 11.2 Å². The van der Waals surface area contributed by atoms with Gasteiger partial charge in [0.15, 0.2) is 11.3 Å². The molecule has 8 heteroatoms. The molecule has 0 aliphatic heterocycles. The maximum Gasteiger partial charge on any atom is 0.339 e. The SMILES string of the molecule is NCCOc1c(-c2ccc(OCc3ccc4ccccc4n3)cc2)oc2c(C(=O)O)cccc2c1=O. The zero-order valence-electron chi connectivity index (χ0n) is 19.1. The number of para-hydroxylation sites is 2. The summed E-state index contributed by atoms with van der Waals surface area (Å²) in [6.07, 6.45) is 0. The summed E-state index contributed by atoms with van der Waals surface area (Å²) in [5, 5.41) is 10.7. The maximum absolute atomic E-state index is 13.2. The Morgan fingerprint density at radius 3 is 2.53 bits per heavy atom. The second-order valence-electron chi connectivity index (χ2n) is 8.02. The lowest BCUT2D eigenvalue weighted by Gasteiger charge is -2.13. The van der Waals surface area contributed by atoms with Gasteiger partial charge < -0.3 is 24.7 Å². The number of carboxylic acid groups (broad SMARTS) is 1. The molecule has 0 fully saturated rings. The monoisotopic (exact) mass is 482 g/mol. The van der Waals surface area contributed by atoms with Crippen molar-refractivity contribution in [2.75, 3.05) is 13.2 Å². The number of aromatic carboxylic acids is 1. The van der Waals surface area contributed by atoms with Gasteiger partial charge in [-0.15, -0.1) is 0 Å². The van der Waals surface area contributed by atoms with Crippen molar-refractivity contribution in [1.82, 2.24) is 4.98 Å². The van der Waals surface area contributed by atoms with Crippen LogP contribution in [0.1, 0.15) is 16.1 Å². The Morgan fingerprint density at radius 1 is 0.944 bits per heavy atom. The molecule has 2 aromatic heterocycles. The number of nitrogens with two attached hydrogens (primary N) is 1. The standard InChI is InChI=1S/C28H22N2O6/c29-14-15-34-27-24(31)21-5-3-6-22(28(32)33)26(21)36-25(27)18-9-12-20(13-10-18)35-16-19-11-8-17-4-1-2-7-23(17)30-19/h1-13H,14-16,29H2,(H,32,33). The molecule has 0 atom stereocenters. The Bertz CT molecular complexity index is 1630. The topological polar surface area (TPSA) is 125 Å². The van der Waals surface area contributed by atoms with Gasteiger partial charge >= 0.3 is 5.97 Å². The van der Waals surface area contributed by atoms with Gasteiger partial charge in [0.1, 0.15) is 24.5 Å². The fraction of sp³-hybridized carbons (Fsp3) is 0.107. The van der Waals surface area contributed by atoms with E-state index in [1.165, 1.54) is 18.2 Å². The fourth-order valence-corrected chi connectivity index (χ4v) is 3.90. The van der Waals surface area contributed by atoms with Crippen molar-refractivity contribution in [3.8, 4) is 22.8 Å². The molecular formula is C28H22N2O6. The van der Waals surface area contributed by atoms with Crippen molar-refractivity contribution >= 4 is 27.8 Å². The Hall–Kier alpha value is -4.69. The van der Waals surface area contributed by atoms with E-state index in [2.05, 4.69) is 4.98 Å². The molecule has 0 bridgehead atoms. The van der Waals surface area contributed by atoms with Gasteiger partial charge in [-0.2, -0.15) is 0 Å². The van der Waals surface area contributed by atoms with Gasteiger partial charge in [-0.05, 0) is 48.5 Å². The lowest BCUT2D eigenvalue weighted by Crippen LogP contribution is -2.17. The minimum Gasteiger partial charge on any atom is -0.487 e. The van der Waals surface area contributed by atoms with Gasteiger partial charge in [0.25, 0.3) is 0 Å². The van der Waals surface area contributed by atoms with Crippen LogP contribution in [0.5, 0.6) is 11.5 Å². The molecule has 0 amide bonds. The number of benzene rings is 3. The summed E-state index contributed by atoms with van der Waals surface area (Å²) in [6, 6.07) is 23.0. The summed E-state index contributed by atoms with van der Waals surface area (Å²) in [4.78, 5) is 29.5. The van der Waals surface area contributed by atoms with Crippen LogP contribution in [0.15, 0.2) is 88.1 Å². The number of pyridine rings is 1. The molecule has 2 heterocycles. The number of rotatable bonds is 8. The Morgan fingerprint density at radius 2 is 1.75 bits per heavy atom. The Balaban J connectivity index is 1.46. The van der Waals surface area contributed by atoms with Crippen molar-refractivity contribution < 1.29 is 23.8 Å². The number of carboxylic acids is 1. The first kappa shape index (κ1) is 23.1. The molecule has 36 heavy (non-hydrogen) atoms. The molecular weight excluding hydrogens is 460 g/mol. The molecule has 180 valence electrons. The smallest absolute Gasteiger partial charge is 0.339 e. The lowest BCUT2D eigenvalue weighted by molar-refractivity contribution is 0.0697. The highest BCUT2D eigenvalue weighted by atomic mass is 16.5. The predicted molar refractivity (Wildman–Crippen MR) is 136 cm³/mol. The summed E-state index contributed by atoms with van der Waals surface area (Å²) < 4.78 is 17.5. The number of carbonyl (C=O) groups is 1. The van der Waals surface area contributed by atoms with E-state index in [9.17, 15) is 14.7 Å². The van der Waals surface area contributed by atoms with Crippen LogP contribution in [0.25, 0.3) is 33.2 Å². The van der Waals surface area contributed by atoms with Gasteiger partial charge in [-0.25, -0.2) is 9.78 Å². The van der Waals surface area contributed by atoms with Crippen LogP contribution < -0.4 is 20.6 Å². The minimum atomic E-state index is -1.20. The average molecular weight is 482 g/mol. The number of ether oxygens (including phenoxy) is 2. The number of hydrogen-bond acceptors (Lipinski definition) is 7. The van der Waals surface area contributed by atoms with E-state index in [1.54, 1.807) is 24.3 Å². The second kappa shape index (κ2) is 9.89. The van der Waals surface area contributed by atoms with Crippen molar-refractivity contribution in [3.63, 3.8) is 0 Å². The highest BCUT2D eigenvalue weighted by Crippen LogP contribution is 2.33. The molecule has 3 aromatic carbocycles. The molecule has 8 nitrogen and oxygen atoms in total. The largest absolute Gasteiger partial charge is 0.487 e. The summed E-state index contributed by atoms with van der Waals surface area (Å²) in [7, 11) is 0. The summed E-state index contributed by atoms with van der Waals surface area (Å²) in [5.74, 6) is -0.509. The van der Waals surface area contributed by atoms with Crippen LogP contribution in [-0.4, -0.2) is 29.2 Å². The summed E-state index contributed by atoms with van der Waals surface area (Å²) in [5.41, 5.74) is 7.18. The Kier molecular flexibility index (Phi) is 6.34. The van der Waals surface area contributed by atoms with Gasteiger partial charge in [-0.3, -0.25) is 4.79 Å². The van der Waals surface area contributed by atoms with Crippen LogP contribution in [0.4, 0.5) is 0 Å². The third kappa shape index (κ3) is 4.49. The zero-order chi connectivity index (χ0) is 25.1. The number of nitrogens with zero attached hydrogens (tertiary/aromatic N) is 1. The van der Waals surface area contributed by atoms with Gasteiger partial charge in [0, 0.05) is 17.5 Å². The molecule has 3 N–H and O–H groups in total. The summed E-state index contributed by atoms with van der Waals surface area (Å²) in [6.45, 7) is 0.575. The Labute approximate surface area is 205 Å². The molecule has 0 aliphatic carbocycles. The first-order valence-electron chi connectivity index (χ1n) is 11.3. The minimum absolute atomic E-state index is 0.0206. The molecule has 0 unspecified atom stereocenters. The molecule has 0 spiro atoms. The van der Waals surface area contributed by atoms with Gasteiger partial charge in [0.05, 0.1) is 16.6 Å². The fourth-order valence-electron chi connectivity index (χ4n) is 3.90. The normalized spacial score (nSPS) is 11.0. The van der Waals surface area contributed by atoms with Crippen molar-refractivity contribution in [3.05, 3.63) is 100 Å².